The van der Waals surface area contributed by atoms with Gasteiger partial charge in [-0.15, -0.1) is 0 Å². The second-order valence-electron chi connectivity index (χ2n) is 8.59. The van der Waals surface area contributed by atoms with Gasteiger partial charge in [0.25, 0.3) is 0 Å². The van der Waals surface area contributed by atoms with E-state index in [1.807, 2.05) is 20.0 Å². The van der Waals surface area contributed by atoms with Crippen LogP contribution in [0.4, 0.5) is 9.93 Å². The Morgan fingerprint density at radius 1 is 1.39 bits per heavy atom. The molecule has 2 aliphatic heterocycles. The fraction of sp³-hybridized carbons (Fsp3) is 0.522. The molecule has 10 heteroatoms. The molecule has 2 aliphatic rings. The number of pyridine rings is 1. The number of hydrogen-bond donors (Lipinski definition) is 2. The lowest BCUT2D eigenvalue weighted by atomic mass is 9.94. The quantitative estimate of drug-likeness (QED) is 0.599. The van der Waals surface area contributed by atoms with Crippen molar-refractivity contribution >= 4 is 50.0 Å². The largest absolute Gasteiger partial charge is 0.477 e. The number of carbonyl (C=O) groups excluding carboxylic acids is 2. The number of urea groups is 1. The smallest absolute Gasteiger partial charge is 0.391 e. The van der Waals surface area contributed by atoms with E-state index >= 15 is 0 Å². The lowest BCUT2D eigenvalue weighted by Crippen LogP contribution is -2.30. The highest BCUT2D eigenvalue weighted by molar-refractivity contribution is 7.21. The Labute approximate surface area is 196 Å². The zero-order chi connectivity index (χ0) is 23.5. The summed E-state index contributed by atoms with van der Waals surface area (Å²) in [5, 5.41) is 5.89. The van der Waals surface area contributed by atoms with Gasteiger partial charge in [0.05, 0.1) is 13.2 Å². The molecular weight excluding hydrogens is 442 g/mol. The first-order chi connectivity index (χ1) is 15.9. The van der Waals surface area contributed by atoms with E-state index in [0.717, 1.165) is 29.9 Å². The van der Waals surface area contributed by atoms with Crippen molar-refractivity contribution in [3.05, 3.63) is 17.7 Å². The van der Waals surface area contributed by atoms with E-state index in [0.29, 0.717) is 47.0 Å². The Hall–Kier alpha value is -2.85. The average Bonchev–Trinajstić information content (AvgIpc) is 3.42. The summed E-state index contributed by atoms with van der Waals surface area (Å²) in [6, 6.07) is 1.60. The van der Waals surface area contributed by atoms with Crippen LogP contribution >= 0.6 is 11.3 Å². The van der Waals surface area contributed by atoms with Gasteiger partial charge in [0.1, 0.15) is 23.8 Å². The molecule has 1 atom stereocenters. The Morgan fingerprint density at radius 3 is 2.91 bits per heavy atom. The first-order valence-electron chi connectivity index (χ1n) is 11.3. The highest BCUT2D eigenvalue weighted by atomic mass is 32.1. The highest BCUT2D eigenvalue weighted by Gasteiger charge is 2.30. The molecule has 2 aromatic rings. The summed E-state index contributed by atoms with van der Waals surface area (Å²) in [6.07, 6.45) is 3.27. The number of carbonyl (C=O) groups is 2. The zero-order valence-corrected chi connectivity index (χ0v) is 20.3. The van der Waals surface area contributed by atoms with E-state index in [1.54, 1.807) is 4.58 Å². The van der Waals surface area contributed by atoms with Gasteiger partial charge in [-0.1, -0.05) is 25.2 Å². The fourth-order valence-electron chi connectivity index (χ4n) is 3.93. The van der Waals surface area contributed by atoms with E-state index < -0.39 is 0 Å². The number of aromatic nitrogens is 2. The first kappa shape index (κ1) is 23.3. The number of amides is 3. The van der Waals surface area contributed by atoms with Crippen molar-refractivity contribution in [3.63, 3.8) is 0 Å². The van der Waals surface area contributed by atoms with Crippen LogP contribution in [0.1, 0.15) is 39.2 Å². The summed E-state index contributed by atoms with van der Waals surface area (Å²) < 4.78 is 13.4. The molecule has 4 heterocycles. The molecule has 9 nitrogen and oxygen atoms in total. The Kier molecular flexibility index (Phi) is 7.04. The summed E-state index contributed by atoms with van der Waals surface area (Å²) in [5.41, 5.74) is 3.22. The molecule has 0 saturated carbocycles. The van der Waals surface area contributed by atoms with Crippen LogP contribution in [-0.4, -0.2) is 65.6 Å². The number of rotatable bonds is 7. The molecular formula is C23H30N5O4S+. The van der Waals surface area contributed by atoms with Crippen LogP contribution < -0.4 is 15.4 Å². The minimum absolute atomic E-state index is 0.0308. The average molecular weight is 473 g/mol. The third kappa shape index (κ3) is 5.22. The molecule has 1 fully saturated rings. The zero-order valence-electron chi connectivity index (χ0n) is 19.4. The molecule has 2 N–H and O–H groups in total. The number of nitrogens with zero attached hydrogens (tertiary/aromatic N) is 3. The third-order valence-electron chi connectivity index (χ3n) is 5.75. The second-order valence-corrected chi connectivity index (χ2v) is 9.57. The van der Waals surface area contributed by atoms with E-state index in [4.69, 9.17) is 14.5 Å². The maximum Gasteiger partial charge on any atom is 0.391 e. The molecule has 0 bridgehead atoms. The summed E-state index contributed by atoms with van der Waals surface area (Å²) in [5.74, 6) is 1.02. The predicted molar refractivity (Wildman–Crippen MR) is 128 cm³/mol. The van der Waals surface area contributed by atoms with Crippen molar-refractivity contribution < 1.29 is 23.6 Å². The van der Waals surface area contributed by atoms with Crippen molar-refractivity contribution in [2.45, 2.75) is 33.6 Å². The molecule has 4 rings (SSSR count). The fourth-order valence-corrected chi connectivity index (χ4v) is 4.74. The van der Waals surface area contributed by atoms with Gasteiger partial charge >= 0.3 is 11.9 Å². The Bertz CT molecular complexity index is 1130. The van der Waals surface area contributed by atoms with Gasteiger partial charge in [0.2, 0.25) is 5.88 Å². The van der Waals surface area contributed by atoms with Crippen LogP contribution in [0.5, 0.6) is 5.88 Å². The van der Waals surface area contributed by atoms with E-state index in [2.05, 4.69) is 35.5 Å². The van der Waals surface area contributed by atoms with E-state index in [1.165, 1.54) is 11.3 Å². The van der Waals surface area contributed by atoms with Gasteiger partial charge in [0.15, 0.2) is 10.8 Å². The predicted octanol–water partition coefficient (Wildman–Crippen LogP) is 3.30. The number of nitrogens with one attached hydrogen (secondary N) is 2. The van der Waals surface area contributed by atoms with Crippen LogP contribution in [0.2, 0.25) is 0 Å². The van der Waals surface area contributed by atoms with Crippen LogP contribution in [0, 0.1) is 11.8 Å². The first-order valence-corrected chi connectivity index (χ1v) is 12.1. The maximum absolute atomic E-state index is 12.7. The second kappa shape index (κ2) is 9.96. The van der Waals surface area contributed by atoms with Crippen LogP contribution in [0.15, 0.2) is 12.1 Å². The Balaban J connectivity index is 1.73. The van der Waals surface area contributed by atoms with Crippen molar-refractivity contribution in [1.29, 1.82) is 0 Å². The SMILES string of the molecule is CCNC(=O)Nc1nc2cc(C3=CC(C(C)C)=[N+](C)C(=O)C3)c(OCC3CCOC3)nc2s1. The number of allylic oxidation sites excluding steroid dienone is 1. The molecule has 0 spiro atoms. The molecule has 0 radical (unpaired) electrons. The minimum Gasteiger partial charge on any atom is -0.477 e. The maximum atomic E-state index is 12.7. The van der Waals surface area contributed by atoms with Gasteiger partial charge in [0, 0.05) is 36.6 Å². The number of thiazole rings is 1. The van der Waals surface area contributed by atoms with E-state index in [9.17, 15) is 9.59 Å². The van der Waals surface area contributed by atoms with Crippen LogP contribution in [-0.2, 0) is 9.53 Å². The summed E-state index contributed by atoms with van der Waals surface area (Å²) in [7, 11) is 1.81. The van der Waals surface area contributed by atoms with Gasteiger partial charge in [-0.2, -0.15) is 4.58 Å². The standard InChI is InChI=1S/C23H29N5O4S/c1-5-24-22(30)27-23-25-17-10-16(15-8-18(13(2)3)28(4)19(29)9-15)20(26-21(17)33-23)32-12-14-6-7-31-11-14/h8,10,13-14H,5-7,9,11-12H2,1-4H3,(H-,24,25,27,30)/p+1. The molecule has 1 saturated heterocycles. The summed E-state index contributed by atoms with van der Waals surface area (Å²) in [6.45, 7) is 8.42. The van der Waals surface area contributed by atoms with Gasteiger partial charge in [-0.3, -0.25) is 5.32 Å². The van der Waals surface area contributed by atoms with Crippen molar-refractivity contribution in [1.82, 2.24) is 15.3 Å². The number of hydrogen-bond acceptors (Lipinski definition) is 7. The van der Waals surface area contributed by atoms with Crippen molar-refractivity contribution in [3.8, 4) is 5.88 Å². The van der Waals surface area contributed by atoms with Crippen molar-refractivity contribution in [2.24, 2.45) is 11.8 Å². The molecule has 0 aliphatic carbocycles. The molecule has 2 aromatic heterocycles. The van der Waals surface area contributed by atoms with Crippen LogP contribution in [0.25, 0.3) is 15.9 Å². The minimum atomic E-state index is -0.311. The van der Waals surface area contributed by atoms with Gasteiger partial charge < -0.3 is 14.8 Å². The molecule has 3 amide bonds. The highest BCUT2D eigenvalue weighted by Crippen LogP contribution is 2.35. The Morgan fingerprint density at radius 2 is 2.21 bits per heavy atom. The topological polar surface area (TPSA) is 105 Å². The van der Waals surface area contributed by atoms with Crippen molar-refractivity contribution in [2.75, 3.05) is 38.7 Å². The monoisotopic (exact) mass is 472 g/mol. The normalized spacial score (nSPS) is 18.8. The van der Waals surface area contributed by atoms with E-state index in [-0.39, 0.29) is 24.3 Å². The third-order valence-corrected chi connectivity index (χ3v) is 6.63. The van der Waals surface area contributed by atoms with Gasteiger partial charge in [-0.25, -0.2) is 19.6 Å². The molecule has 1 unspecified atom stereocenters. The number of anilines is 1. The van der Waals surface area contributed by atoms with Gasteiger partial charge in [-0.05, 0) is 25.0 Å². The lowest BCUT2D eigenvalue weighted by molar-refractivity contribution is -0.420. The molecule has 176 valence electrons. The number of fused-ring (bicyclic) bond motifs is 1. The number of ether oxygens (including phenoxy) is 2. The summed E-state index contributed by atoms with van der Waals surface area (Å²) in [4.78, 5) is 34.6. The molecule has 0 aromatic carbocycles. The van der Waals surface area contributed by atoms with Crippen LogP contribution in [0.3, 0.4) is 0 Å². The lowest BCUT2D eigenvalue weighted by Gasteiger charge is -2.17. The summed E-state index contributed by atoms with van der Waals surface area (Å²) >= 11 is 1.29. The molecule has 33 heavy (non-hydrogen) atoms.